The van der Waals surface area contributed by atoms with E-state index in [1.54, 1.807) is 0 Å². The van der Waals surface area contributed by atoms with Gasteiger partial charge in [0.15, 0.2) is 0 Å². The summed E-state index contributed by atoms with van der Waals surface area (Å²) in [6, 6.07) is 0. The van der Waals surface area contributed by atoms with Gasteiger partial charge in [-0.15, -0.1) is 17.9 Å². The Kier molecular flexibility index (Phi) is 4.11. The van der Waals surface area contributed by atoms with Crippen LogP contribution < -0.4 is 10.6 Å². The van der Waals surface area contributed by atoms with Crippen molar-refractivity contribution in [2.45, 2.75) is 24.9 Å². The topological polar surface area (TPSA) is 30.5 Å². The van der Waals surface area contributed by atoms with Crippen LogP contribution in [0.25, 0.3) is 0 Å². The normalized spacial score (nSPS) is 37.5. The fourth-order valence-corrected chi connectivity index (χ4v) is 1.57. The van der Waals surface area contributed by atoms with Gasteiger partial charge in [-0.1, -0.05) is 0 Å². The van der Waals surface area contributed by atoms with Crippen molar-refractivity contribution in [3.05, 3.63) is 0 Å². The second kappa shape index (κ2) is 4.82. The van der Waals surface area contributed by atoms with Crippen molar-refractivity contribution in [1.82, 2.24) is 21.3 Å². The molecule has 0 radical (unpaired) electrons. The number of halogens is 4. The zero-order valence-electron chi connectivity index (χ0n) is 9.23. The van der Waals surface area contributed by atoms with E-state index >= 15 is 0 Å². The highest BCUT2D eigenvalue weighted by Crippen LogP contribution is 2.20. The summed E-state index contributed by atoms with van der Waals surface area (Å²) in [5.74, 6) is 0. The van der Waals surface area contributed by atoms with Crippen molar-refractivity contribution in [3.8, 4) is 0 Å². The van der Waals surface area contributed by atoms with Gasteiger partial charge in [0.1, 0.15) is 11.1 Å². The quantitative estimate of drug-likeness (QED) is 0.556. The van der Waals surface area contributed by atoms with E-state index in [1.807, 2.05) is 0 Å². The molecule has 1 aliphatic rings. The molecule has 1 aliphatic heterocycles. The molecule has 0 atom stereocenters. The van der Waals surface area contributed by atoms with Gasteiger partial charge in [0.2, 0.25) is 0 Å². The first-order chi connectivity index (χ1) is 7.30. The largest absolute Gasteiger partial charge is 0.313 e. The van der Waals surface area contributed by atoms with Crippen LogP contribution in [0.15, 0.2) is 0 Å². The van der Waals surface area contributed by atoms with E-state index in [4.69, 9.17) is 0 Å². The third-order valence-electron chi connectivity index (χ3n) is 2.84. The fourth-order valence-electron chi connectivity index (χ4n) is 1.57. The molecule has 0 amide bonds. The lowest BCUT2D eigenvalue weighted by molar-refractivity contribution is -0.238. The van der Waals surface area contributed by atoms with Crippen molar-refractivity contribution < 1.29 is 17.9 Å². The van der Waals surface area contributed by atoms with Crippen LogP contribution in [0.3, 0.4) is 0 Å². The van der Waals surface area contributed by atoms with Crippen LogP contribution in [0.2, 0.25) is 0 Å². The molecule has 1 fully saturated rings. The van der Waals surface area contributed by atoms with Crippen molar-refractivity contribution in [2.75, 3.05) is 26.2 Å². The molecule has 0 aromatic heterocycles. The molecular weight excluding hydrogens is 228 g/mol. The van der Waals surface area contributed by atoms with Crippen LogP contribution in [-0.4, -0.2) is 47.9 Å². The average molecular weight is 244 g/mol. The molecule has 0 aromatic carbocycles. The fraction of sp³-hybridized carbons (Fsp3) is 1.00. The van der Waals surface area contributed by atoms with Gasteiger partial charge < -0.3 is 10.6 Å². The van der Waals surface area contributed by atoms with Crippen LogP contribution in [-0.2, 0) is 0 Å². The minimum absolute atomic E-state index is 0.0591. The molecular formula is C8H16F4N4. The third kappa shape index (κ3) is 2.82. The van der Waals surface area contributed by atoms with Crippen molar-refractivity contribution in [3.63, 3.8) is 0 Å². The van der Waals surface area contributed by atoms with Crippen LogP contribution in [0, 0.1) is 0 Å². The van der Waals surface area contributed by atoms with Crippen LogP contribution in [0.1, 0.15) is 13.8 Å². The average Bonchev–Trinajstić information content (AvgIpc) is 2.14. The van der Waals surface area contributed by atoms with E-state index in [2.05, 4.69) is 10.6 Å². The molecule has 0 aromatic rings. The Labute approximate surface area is 91.3 Å². The van der Waals surface area contributed by atoms with Crippen molar-refractivity contribution in [2.24, 2.45) is 0 Å². The lowest BCUT2D eigenvalue weighted by Crippen LogP contribution is -2.62. The Morgan fingerprint density at radius 2 is 1.00 bits per heavy atom. The van der Waals surface area contributed by atoms with Crippen molar-refractivity contribution >= 4 is 0 Å². The van der Waals surface area contributed by atoms with E-state index in [1.165, 1.54) is 13.8 Å². The molecule has 0 bridgehead atoms. The number of rotatable bonds is 2. The molecule has 1 rings (SSSR count). The third-order valence-corrected chi connectivity index (χ3v) is 2.84. The monoisotopic (exact) mass is 244 g/mol. The SMILES string of the molecule is CC1(N(F)F)CNCC(C)(N(F)F)CNC1. The number of nitrogens with zero attached hydrogens (tertiary/aromatic N) is 2. The van der Waals surface area contributed by atoms with Gasteiger partial charge in [-0.05, 0) is 13.8 Å². The van der Waals surface area contributed by atoms with Crippen molar-refractivity contribution in [1.29, 1.82) is 0 Å². The van der Waals surface area contributed by atoms with Gasteiger partial charge in [-0.2, -0.15) is 0 Å². The summed E-state index contributed by atoms with van der Waals surface area (Å²) in [6.07, 6.45) is 0. The molecule has 0 aliphatic carbocycles. The Balaban J connectivity index is 2.63. The summed E-state index contributed by atoms with van der Waals surface area (Å²) in [7, 11) is 0. The van der Waals surface area contributed by atoms with Gasteiger partial charge in [0, 0.05) is 36.9 Å². The predicted octanol–water partition coefficient (Wildman–Crippen LogP) is 0.839. The second-order valence-electron chi connectivity index (χ2n) is 4.67. The van der Waals surface area contributed by atoms with E-state index in [0.29, 0.717) is 0 Å². The highest BCUT2D eigenvalue weighted by Gasteiger charge is 2.40. The highest BCUT2D eigenvalue weighted by atomic mass is 19.4. The summed E-state index contributed by atoms with van der Waals surface area (Å²) < 4.78 is 50.3. The maximum atomic E-state index is 12.6. The molecule has 0 spiro atoms. The highest BCUT2D eigenvalue weighted by molar-refractivity contribution is 4.93. The molecule has 2 N–H and O–H groups in total. The Bertz CT molecular complexity index is 204. The molecule has 16 heavy (non-hydrogen) atoms. The van der Waals surface area contributed by atoms with Gasteiger partial charge in [-0.3, -0.25) is 0 Å². The van der Waals surface area contributed by atoms with Crippen LogP contribution in [0.4, 0.5) is 17.9 Å². The van der Waals surface area contributed by atoms with E-state index < -0.39 is 21.8 Å². The first kappa shape index (κ1) is 13.6. The molecule has 0 unspecified atom stereocenters. The van der Waals surface area contributed by atoms with Crippen LogP contribution >= 0.6 is 0 Å². The smallest absolute Gasteiger partial charge is 0.106 e. The molecule has 1 saturated heterocycles. The number of hydrogen-bond acceptors (Lipinski definition) is 4. The Hall–Kier alpha value is -0.440. The minimum Gasteiger partial charge on any atom is -0.313 e. The standard InChI is InChI=1S/C8H16F4N4/c1-7(15(9)10)3-13-5-8(2,16(11)12)6-14-4-7/h13-14H,3-6H2,1-2H3. The molecule has 4 nitrogen and oxygen atoms in total. The van der Waals surface area contributed by atoms with E-state index in [-0.39, 0.29) is 26.2 Å². The lowest BCUT2D eigenvalue weighted by atomic mass is 9.97. The Morgan fingerprint density at radius 3 is 1.19 bits per heavy atom. The van der Waals surface area contributed by atoms with Gasteiger partial charge in [0.25, 0.3) is 0 Å². The minimum atomic E-state index is -1.38. The summed E-state index contributed by atoms with van der Waals surface area (Å²) in [5, 5.41) is 3.51. The summed E-state index contributed by atoms with van der Waals surface area (Å²) in [6.45, 7) is 2.48. The molecule has 96 valence electrons. The maximum Gasteiger partial charge on any atom is 0.106 e. The van der Waals surface area contributed by atoms with Crippen LogP contribution in [0.5, 0.6) is 0 Å². The summed E-state index contributed by atoms with van der Waals surface area (Å²) in [4.78, 5) is 0. The zero-order chi connectivity index (χ0) is 12.4. The maximum absolute atomic E-state index is 12.6. The Morgan fingerprint density at radius 1 is 0.750 bits per heavy atom. The molecule has 1 heterocycles. The lowest BCUT2D eigenvalue weighted by Gasteiger charge is -2.38. The zero-order valence-corrected chi connectivity index (χ0v) is 9.23. The van der Waals surface area contributed by atoms with E-state index in [9.17, 15) is 17.9 Å². The summed E-state index contributed by atoms with van der Waals surface area (Å²) in [5.41, 5.74) is -2.75. The van der Waals surface area contributed by atoms with Gasteiger partial charge in [-0.25, -0.2) is 0 Å². The summed E-state index contributed by atoms with van der Waals surface area (Å²) >= 11 is 0. The van der Waals surface area contributed by atoms with Gasteiger partial charge >= 0.3 is 0 Å². The van der Waals surface area contributed by atoms with Gasteiger partial charge in [0.05, 0.1) is 0 Å². The predicted molar refractivity (Wildman–Crippen MR) is 50.7 cm³/mol. The van der Waals surface area contributed by atoms with E-state index in [0.717, 1.165) is 0 Å². The number of nitrogens with one attached hydrogen (secondary N) is 2. The second-order valence-corrected chi connectivity index (χ2v) is 4.67. The number of hydrogen-bond donors (Lipinski definition) is 2. The molecule has 0 saturated carbocycles. The first-order valence-electron chi connectivity index (χ1n) is 4.95. The molecule has 8 heteroatoms. The first-order valence-corrected chi connectivity index (χ1v) is 4.95.